The third-order valence-corrected chi connectivity index (χ3v) is 5.69. The number of ether oxygens (including phenoxy) is 1. The van der Waals surface area contributed by atoms with Gasteiger partial charge in [0.15, 0.2) is 5.96 Å². The lowest BCUT2D eigenvalue weighted by Crippen LogP contribution is -2.45. The molecule has 6 heteroatoms. The first-order chi connectivity index (χ1) is 12.1. The first kappa shape index (κ1) is 19.8. The van der Waals surface area contributed by atoms with E-state index >= 15 is 0 Å². The zero-order valence-electron chi connectivity index (χ0n) is 15.6. The Hall–Kier alpha value is -1.56. The number of esters is 1. The average Bonchev–Trinajstić information content (AvgIpc) is 3.15. The summed E-state index contributed by atoms with van der Waals surface area (Å²) >= 11 is 1.78. The van der Waals surface area contributed by atoms with Gasteiger partial charge in [0, 0.05) is 23.4 Å². The minimum absolute atomic E-state index is 0.0358. The lowest BCUT2D eigenvalue weighted by molar-refractivity contribution is -0.149. The van der Waals surface area contributed by atoms with E-state index in [1.165, 1.54) is 4.88 Å². The Morgan fingerprint density at radius 2 is 2.12 bits per heavy atom. The molecule has 2 N–H and O–H groups in total. The molecule has 1 aliphatic carbocycles. The molecule has 0 amide bonds. The predicted molar refractivity (Wildman–Crippen MR) is 104 cm³/mol. The molecule has 1 saturated carbocycles. The molecule has 1 heterocycles. The summed E-state index contributed by atoms with van der Waals surface area (Å²) in [6.45, 7) is 8.24. The normalized spacial score (nSPS) is 22.3. The number of nitrogens with zero attached hydrogens (tertiary/aromatic N) is 1. The van der Waals surface area contributed by atoms with Crippen LogP contribution in [0.1, 0.15) is 57.2 Å². The highest BCUT2D eigenvalue weighted by atomic mass is 32.1. The molecule has 0 spiro atoms. The number of aliphatic imine (C=N–C) groups is 1. The Balaban J connectivity index is 1.83. The first-order valence-corrected chi connectivity index (χ1v) is 10.3. The van der Waals surface area contributed by atoms with Gasteiger partial charge >= 0.3 is 5.97 Å². The van der Waals surface area contributed by atoms with Crippen LogP contribution in [0.4, 0.5) is 0 Å². The molecule has 2 rings (SSSR count). The second-order valence-electron chi connectivity index (χ2n) is 6.58. The van der Waals surface area contributed by atoms with E-state index in [0.717, 1.165) is 44.7 Å². The van der Waals surface area contributed by atoms with Crippen LogP contribution < -0.4 is 10.6 Å². The second-order valence-corrected chi connectivity index (χ2v) is 7.56. The summed E-state index contributed by atoms with van der Waals surface area (Å²) in [6, 6.07) is 4.63. The topological polar surface area (TPSA) is 62.7 Å². The Morgan fingerprint density at radius 1 is 1.36 bits per heavy atom. The van der Waals surface area contributed by atoms with Gasteiger partial charge in [0.25, 0.3) is 0 Å². The van der Waals surface area contributed by atoms with Crippen LogP contribution in [0.15, 0.2) is 22.5 Å². The number of carbonyl (C=O) groups excluding carboxylic acids is 1. The van der Waals surface area contributed by atoms with Crippen molar-refractivity contribution in [3.05, 3.63) is 22.4 Å². The third-order valence-electron chi connectivity index (χ3n) is 4.58. The van der Waals surface area contributed by atoms with Gasteiger partial charge in [0.2, 0.25) is 0 Å². The van der Waals surface area contributed by atoms with Crippen LogP contribution in [-0.2, 0) is 9.53 Å². The van der Waals surface area contributed by atoms with Gasteiger partial charge in [0.1, 0.15) is 0 Å². The molecule has 1 aromatic heterocycles. The molecule has 1 aliphatic rings. The molecule has 0 bridgehead atoms. The van der Waals surface area contributed by atoms with Crippen molar-refractivity contribution < 1.29 is 9.53 Å². The Labute approximate surface area is 155 Å². The zero-order valence-corrected chi connectivity index (χ0v) is 16.4. The van der Waals surface area contributed by atoms with Gasteiger partial charge in [0.05, 0.1) is 19.1 Å². The lowest BCUT2D eigenvalue weighted by Gasteiger charge is -2.29. The van der Waals surface area contributed by atoms with Crippen molar-refractivity contribution in [2.24, 2.45) is 10.9 Å². The quantitative estimate of drug-likeness (QED) is 0.441. The lowest BCUT2D eigenvalue weighted by atomic mass is 9.86. The smallest absolute Gasteiger partial charge is 0.308 e. The standard InChI is InChI=1S/C19H31N3O2S/c1-4-20-19(21-13-14(3)17-7-6-12-25-17)22-16-10-8-15(9-11-16)18(23)24-5-2/h6-7,12,14-16H,4-5,8-11,13H2,1-3H3,(H2,20,21,22). The van der Waals surface area contributed by atoms with Crippen molar-refractivity contribution >= 4 is 23.3 Å². The van der Waals surface area contributed by atoms with E-state index in [1.54, 1.807) is 11.3 Å². The number of rotatable bonds is 7. The van der Waals surface area contributed by atoms with Crippen molar-refractivity contribution in [3.8, 4) is 0 Å². The third kappa shape index (κ3) is 6.34. The summed E-state index contributed by atoms with van der Waals surface area (Å²) in [5, 5.41) is 8.99. The SMILES string of the molecule is CCNC(=NCC(C)c1cccs1)NC1CCC(C(=O)OCC)CC1. The molecule has 0 saturated heterocycles. The predicted octanol–water partition coefficient (Wildman–Crippen LogP) is 3.53. The fourth-order valence-corrected chi connectivity index (χ4v) is 3.92. The van der Waals surface area contributed by atoms with Crippen LogP contribution in [0.25, 0.3) is 0 Å². The number of hydrogen-bond donors (Lipinski definition) is 2. The van der Waals surface area contributed by atoms with Gasteiger partial charge in [-0.05, 0) is 51.0 Å². The molecule has 1 aromatic rings. The summed E-state index contributed by atoms with van der Waals surface area (Å²) in [5.74, 6) is 1.34. The molecule has 25 heavy (non-hydrogen) atoms. The van der Waals surface area contributed by atoms with E-state index in [2.05, 4.69) is 42.0 Å². The summed E-state index contributed by atoms with van der Waals surface area (Å²) < 4.78 is 5.14. The molecule has 5 nitrogen and oxygen atoms in total. The van der Waals surface area contributed by atoms with E-state index in [9.17, 15) is 4.79 Å². The van der Waals surface area contributed by atoms with Gasteiger partial charge in [-0.25, -0.2) is 0 Å². The summed E-state index contributed by atoms with van der Waals surface area (Å²) in [4.78, 5) is 18.0. The summed E-state index contributed by atoms with van der Waals surface area (Å²) in [7, 11) is 0. The van der Waals surface area contributed by atoms with E-state index in [-0.39, 0.29) is 11.9 Å². The maximum Gasteiger partial charge on any atom is 0.308 e. The number of guanidine groups is 1. The van der Waals surface area contributed by atoms with Gasteiger partial charge < -0.3 is 15.4 Å². The van der Waals surface area contributed by atoms with Crippen LogP contribution in [0, 0.1) is 5.92 Å². The van der Waals surface area contributed by atoms with E-state index < -0.39 is 0 Å². The minimum atomic E-state index is -0.0358. The number of carbonyl (C=O) groups is 1. The van der Waals surface area contributed by atoms with E-state index in [1.807, 2.05) is 6.92 Å². The molecule has 1 atom stereocenters. The highest BCUT2D eigenvalue weighted by Crippen LogP contribution is 2.25. The Bertz CT molecular complexity index is 537. The van der Waals surface area contributed by atoms with Gasteiger partial charge in [-0.3, -0.25) is 9.79 Å². The van der Waals surface area contributed by atoms with Crippen molar-refractivity contribution in [1.29, 1.82) is 0 Å². The summed E-state index contributed by atoms with van der Waals surface area (Å²) in [6.07, 6.45) is 3.74. The van der Waals surface area contributed by atoms with Crippen LogP contribution in [-0.4, -0.2) is 37.7 Å². The highest BCUT2D eigenvalue weighted by Gasteiger charge is 2.27. The molecular weight excluding hydrogens is 334 g/mol. The van der Waals surface area contributed by atoms with E-state index in [4.69, 9.17) is 9.73 Å². The van der Waals surface area contributed by atoms with Gasteiger partial charge in [-0.15, -0.1) is 11.3 Å². The van der Waals surface area contributed by atoms with Crippen molar-refractivity contribution in [2.75, 3.05) is 19.7 Å². The average molecular weight is 366 g/mol. The summed E-state index contributed by atoms with van der Waals surface area (Å²) in [5.41, 5.74) is 0. The number of nitrogens with one attached hydrogen (secondary N) is 2. The van der Waals surface area contributed by atoms with Crippen molar-refractivity contribution in [3.63, 3.8) is 0 Å². The first-order valence-electron chi connectivity index (χ1n) is 9.38. The van der Waals surface area contributed by atoms with Crippen LogP contribution in [0.5, 0.6) is 0 Å². The molecule has 140 valence electrons. The van der Waals surface area contributed by atoms with Crippen LogP contribution in [0.3, 0.4) is 0 Å². The Morgan fingerprint density at radius 3 is 2.72 bits per heavy atom. The van der Waals surface area contributed by atoms with Crippen molar-refractivity contribution in [1.82, 2.24) is 10.6 Å². The number of hydrogen-bond acceptors (Lipinski definition) is 4. The minimum Gasteiger partial charge on any atom is -0.466 e. The largest absolute Gasteiger partial charge is 0.466 e. The number of thiophene rings is 1. The van der Waals surface area contributed by atoms with Crippen molar-refractivity contribution in [2.45, 2.75) is 58.4 Å². The molecule has 1 fully saturated rings. The van der Waals surface area contributed by atoms with E-state index in [0.29, 0.717) is 18.6 Å². The van der Waals surface area contributed by atoms with Gasteiger partial charge in [-0.1, -0.05) is 13.0 Å². The molecule has 0 aliphatic heterocycles. The second kappa shape index (κ2) is 10.4. The van der Waals surface area contributed by atoms with Crippen LogP contribution >= 0.6 is 11.3 Å². The van der Waals surface area contributed by atoms with Crippen LogP contribution in [0.2, 0.25) is 0 Å². The fraction of sp³-hybridized carbons (Fsp3) is 0.684. The molecule has 1 unspecified atom stereocenters. The highest BCUT2D eigenvalue weighted by molar-refractivity contribution is 7.10. The zero-order chi connectivity index (χ0) is 18.1. The maximum absolute atomic E-state index is 11.8. The monoisotopic (exact) mass is 365 g/mol. The molecule has 0 aromatic carbocycles. The fourth-order valence-electron chi connectivity index (χ4n) is 3.14. The van der Waals surface area contributed by atoms with Gasteiger partial charge in [-0.2, -0.15) is 0 Å². The maximum atomic E-state index is 11.8. The molecular formula is C19H31N3O2S. The Kier molecular flexibility index (Phi) is 8.25. The molecule has 0 radical (unpaired) electrons.